The zero-order valence-corrected chi connectivity index (χ0v) is 19.2. The predicted molar refractivity (Wildman–Crippen MR) is 121 cm³/mol. The molecule has 162 valence electrons. The summed E-state index contributed by atoms with van der Waals surface area (Å²) >= 11 is 9.01. The van der Waals surface area contributed by atoms with Crippen LogP contribution < -0.4 is 10.6 Å². The molecular weight excluding hydrogens is 456 g/mol. The molecule has 1 aliphatic rings. The van der Waals surface area contributed by atoms with Gasteiger partial charge in [-0.25, -0.2) is 4.98 Å². The predicted octanol–water partition coefficient (Wildman–Crippen LogP) is 3.38. The van der Waals surface area contributed by atoms with Crippen LogP contribution in [0, 0.1) is 6.92 Å². The molecule has 8 nitrogen and oxygen atoms in total. The number of thioether (sulfide) groups is 1. The first-order chi connectivity index (χ1) is 15.0. The second-order valence-electron chi connectivity index (χ2n) is 7.07. The second kappa shape index (κ2) is 9.80. The quantitative estimate of drug-likeness (QED) is 0.529. The van der Waals surface area contributed by atoms with Gasteiger partial charge in [-0.05, 0) is 44.4 Å². The van der Waals surface area contributed by atoms with Gasteiger partial charge in [-0.3, -0.25) is 14.2 Å². The number of nitrogens with one attached hydrogen (secondary N) is 2. The fraction of sp³-hybridized carbons (Fsp3) is 0.350. The molecule has 1 atom stereocenters. The zero-order chi connectivity index (χ0) is 21.8. The van der Waals surface area contributed by atoms with Crippen LogP contribution >= 0.6 is 34.7 Å². The molecule has 1 unspecified atom stereocenters. The number of rotatable bonds is 6. The van der Waals surface area contributed by atoms with Crippen molar-refractivity contribution in [3.05, 3.63) is 51.2 Å². The number of aromatic nitrogens is 4. The number of aryl methyl sites for hydroxylation is 1. The first-order valence-corrected chi connectivity index (χ1v) is 12.1. The molecule has 1 aromatic carbocycles. The zero-order valence-electron chi connectivity index (χ0n) is 16.8. The van der Waals surface area contributed by atoms with E-state index < -0.39 is 6.04 Å². The Hall–Kier alpha value is -2.43. The third-order valence-electron chi connectivity index (χ3n) is 4.81. The van der Waals surface area contributed by atoms with E-state index in [1.165, 1.54) is 23.1 Å². The van der Waals surface area contributed by atoms with Gasteiger partial charge in [-0.1, -0.05) is 29.4 Å². The van der Waals surface area contributed by atoms with Crippen molar-refractivity contribution < 1.29 is 9.59 Å². The smallest absolute Gasteiger partial charge is 0.271 e. The van der Waals surface area contributed by atoms with Crippen molar-refractivity contribution in [2.75, 3.05) is 6.54 Å². The molecule has 0 bridgehead atoms. The second-order valence-corrected chi connectivity index (χ2v) is 9.39. The maximum absolute atomic E-state index is 12.5. The molecule has 0 radical (unpaired) electrons. The number of benzene rings is 1. The van der Waals surface area contributed by atoms with Crippen LogP contribution in [0.4, 0.5) is 0 Å². The van der Waals surface area contributed by atoms with Crippen LogP contribution in [-0.4, -0.2) is 44.1 Å². The molecule has 0 saturated carbocycles. The molecule has 2 amide bonds. The summed E-state index contributed by atoms with van der Waals surface area (Å²) in [6, 6.07) is 7.00. The molecule has 3 aromatic rings. The third kappa shape index (κ3) is 5.25. The first kappa shape index (κ1) is 21.8. The van der Waals surface area contributed by atoms with E-state index in [1.54, 1.807) is 5.38 Å². The van der Waals surface area contributed by atoms with E-state index >= 15 is 0 Å². The largest absolute Gasteiger partial charge is 0.354 e. The molecule has 1 aliphatic heterocycles. The Morgan fingerprint density at radius 1 is 1.39 bits per heavy atom. The van der Waals surface area contributed by atoms with Crippen molar-refractivity contribution in [2.24, 2.45) is 0 Å². The Morgan fingerprint density at radius 2 is 2.26 bits per heavy atom. The van der Waals surface area contributed by atoms with E-state index in [-0.39, 0.29) is 11.8 Å². The van der Waals surface area contributed by atoms with Gasteiger partial charge >= 0.3 is 0 Å². The summed E-state index contributed by atoms with van der Waals surface area (Å²) in [5.74, 6) is 0.839. The molecule has 0 aliphatic carbocycles. The number of carbonyl (C=O) groups excluding carboxylic acids is 2. The number of hydrogen-bond acceptors (Lipinski definition) is 7. The summed E-state index contributed by atoms with van der Waals surface area (Å²) in [5.41, 5.74) is 1.21. The van der Waals surface area contributed by atoms with Crippen LogP contribution in [0.3, 0.4) is 0 Å². The van der Waals surface area contributed by atoms with Gasteiger partial charge in [0.15, 0.2) is 5.16 Å². The Kier molecular flexibility index (Phi) is 6.89. The van der Waals surface area contributed by atoms with Gasteiger partial charge < -0.3 is 10.6 Å². The average Bonchev–Trinajstić information content (AvgIpc) is 3.32. The minimum absolute atomic E-state index is 0.132. The molecule has 1 saturated heterocycles. The van der Waals surface area contributed by atoms with Gasteiger partial charge in [0.25, 0.3) is 5.91 Å². The summed E-state index contributed by atoms with van der Waals surface area (Å²) in [7, 11) is 0. The monoisotopic (exact) mass is 476 g/mol. The number of halogens is 1. The lowest BCUT2D eigenvalue weighted by Gasteiger charge is -2.14. The maximum atomic E-state index is 12.5. The number of thiazole rings is 1. The van der Waals surface area contributed by atoms with Crippen LogP contribution in [0.2, 0.25) is 5.02 Å². The Labute approximate surface area is 192 Å². The van der Waals surface area contributed by atoms with Crippen molar-refractivity contribution in [3.63, 3.8) is 0 Å². The van der Waals surface area contributed by atoms with Gasteiger partial charge in [0.05, 0.1) is 11.4 Å². The lowest BCUT2D eigenvalue weighted by molar-refractivity contribution is -0.122. The molecular formula is C20H21ClN6O2S2. The normalized spacial score (nSPS) is 16.6. The summed E-state index contributed by atoms with van der Waals surface area (Å²) < 4.78 is 1.93. The SMILES string of the molecule is Cc1nnc(SCc2nc(C(=O)NC3CCCCNC3=O)cs2)n1-c1cccc(Cl)c1. The number of nitrogens with zero attached hydrogens (tertiary/aromatic N) is 4. The highest BCUT2D eigenvalue weighted by molar-refractivity contribution is 7.98. The van der Waals surface area contributed by atoms with Gasteiger partial charge in [0, 0.05) is 16.9 Å². The van der Waals surface area contributed by atoms with Crippen LogP contribution in [-0.2, 0) is 10.5 Å². The minimum Gasteiger partial charge on any atom is -0.354 e. The fourth-order valence-electron chi connectivity index (χ4n) is 3.27. The Morgan fingerprint density at radius 3 is 3.10 bits per heavy atom. The standard InChI is InChI=1S/C20H21ClN6O2S2/c1-12-25-26-20(27(12)14-6-4-5-13(21)9-14)31-11-17-23-16(10-30-17)19(29)24-15-7-2-3-8-22-18(15)28/h4-6,9-10,15H,2-3,7-8,11H2,1H3,(H,22,28)(H,24,29). The van der Waals surface area contributed by atoms with E-state index in [0.717, 1.165) is 34.5 Å². The van der Waals surface area contributed by atoms with Crippen LogP contribution in [0.25, 0.3) is 5.69 Å². The van der Waals surface area contributed by atoms with E-state index in [9.17, 15) is 9.59 Å². The summed E-state index contributed by atoms with van der Waals surface area (Å²) in [5, 5.41) is 17.9. The molecule has 31 heavy (non-hydrogen) atoms. The molecule has 11 heteroatoms. The first-order valence-electron chi connectivity index (χ1n) is 9.85. The Balaban J connectivity index is 1.41. The van der Waals surface area contributed by atoms with E-state index in [0.29, 0.717) is 29.4 Å². The molecule has 3 heterocycles. The maximum Gasteiger partial charge on any atom is 0.271 e. The van der Waals surface area contributed by atoms with Crippen molar-refractivity contribution in [1.29, 1.82) is 0 Å². The van der Waals surface area contributed by atoms with Crippen LogP contribution in [0.1, 0.15) is 40.6 Å². The summed E-state index contributed by atoms with van der Waals surface area (Å²) in [6.07, 6.45) is 2.47. The molecule has 2 aromatic heterocycles. The van der Waals surface area contributed by atoms with Gasteiger partial charge in [-0.15, -0.1) is 21.5 Å². The Bertz CT molecular complexity index is 1100. The van der Waals surface area contributed by atoms with E-state index in [1.807, 2.05) is 35.8 Å². The van der Waals surface area contributed by atoms with Crippen LogP contribution in [0.15, 0.2) is 34.8 Å². The van der Waals surface area contributed by atoms with E-state index in [2.05, 4.69) is 25.8 Å². The number of hydrogen-bond donors (Lipinski definition) is 2. The average molecular weight is 477 g/mol. The highest BCUT2D eigenvalue weighted by atomic mass is 35.5. The number of amides is 2. The van der Waals surface area contributed by atoms with Gasteiger partial charge in [0.1, 0.15) is 22.6 Å². The molecule has 1 fully saturated rings. The molecule has 2 N–H and O–H groups in total. The van der Waals surface area contributed by atoms with Gasteiger partial charge in [-0.2, -0.15) is 0 Å². The topological polar surface area (TPSA) is 102 Å². The lowest BCUT2D eigenvalue weighted by atomic mass is 10.1. The lowest BCUT2D eigenvalue weighted by Crippen LogP contribution is -2.45. The van der Waals surface area contributed by atoms with Crippen LogP contribution in [0.5, 0.6) is 0 Å². The summed E-state index contributed by atoms with van der Waals surface area (Å²) in [4.78, 5) is 29.0. The molecule has 4 rings (SSSR count). The highest BCUT2D eigenvalue weighted by Crippen LogP contribution is 2.27. The highest BCUT2D eigenvalue weighted by Gasteiger charge is 2.24. The minimum atomic E-state index is -0.506. The fourth-order valence-corrected chi connectivity index (χ4v) is 5.24. The number of carbonyl (C=O) groups is 2. The van der Waals surface area contributed by atoms with Gasteiger partial charge in [0.2, 0.25) is 5.91 Å². The molecule has 0 spiro atoms. The van der Waals surface area contributed by atoms with Crippen molar-refractivity contribution in [1.82, 2.24) is 30.4 Å². The third-order valence-corrected chi connectivity index (χ3v) is 7.02. The van der Waals surface area contributed by atoms with E-state index in [4.69, 9.17) is 11.6 Å². The summed E-state index contributed by atoms with van der Waals surface area (Å²) in [6.45, 7) is 2.54. The van der Waals surface area contributed by atoms with Crippen molar-refractivity contribution in [3.8, 4) is 5.69 Å². The van der Waals surface area contributed by atoms with Crippen molar-refractivity contribution >= 4 is 46.5 Å². The van der Waals surface area contributed by atoms with Crippen molar-refractivity contribution in [2.45, 2.75) is 43.1 Å².